The molecule has 0 fully saturated rings. The molecule has 1 rings (SSSR count). The molecule has 0 spiro atoms. The number of thiophene rings is 1. The van der Waals surface area contributed by atoms with Gasteiger partial charge in [-0.05, 0) is 66.0 Å². The van der Waals surface area contributed by atoms with Crippen molar-refractivity contribution in [3.05, 3.63) is 21.9 Å². The van der Waals surface area contributed by atoms with E-state index in [1.165, 1.54) is 11.3 Å². The predicted octanol–water partition coefficient (Wildman–Crippen LogP) is 4.84. The third-order valence-corrected chi connectivity index (χ3v) is 5.87. The lowest BCUT2D eigenvalue weighted by atomic mass is 10.0. The lowest BCUT2D eigenvalue weighted by molar-refractivity contribution is 0.00752. The van der Waals surface area contributed by atoms with E-state index in [-0.39, 0.29) is 16.8 Å². The summed E-state index contributed by atoms with van der Waals surface area (Å²) in [6, 6.07) is 3.69. The number of carbonyl (C=O) groups is 1. The Kier molecular flexibility index (Phi) is 7.35. The predicted molar refractivity (Wildman–Crippen MR) is 103 cm³/mol. The van der Waals surface area contributed by atoms with Crippen LogP contribution < -0.4 is 4.72 Å². The summed E-state index contributed by atoms with van der Waals surface area (Å²) in [6.45, 7) is 15.7. The first-order valence-electron chi connectivity index (χ1n) is 8.30. The first-order valence-corrected chi connectivity index (χ1v) is 10.3. The van der Waals surface area contributed by atoms with Gasteiger partial charge in [-0.2, -0.15) is 0 Å². The van der Waals surface area contributed by atoms with E-state index in [0.29, 0.717) is 10.8 Å². The largest absolute Gasteiger partial charge is 0.598 e. The minimum Gasteiger partial charge on any atom is -0.598 e. The van der Waals surface area contributed by atoms with Gasteiger partial charge < -0.3 is 9.29 Å². The number of hydrogen-bond acceptors (Lipinski definition) is 5. The average Bonchev–Trinajstić information content (AvgIpc) is 2.83. The Morgan fingerprint density at radius 2 is 1.83 bits per heavy atom. The van der Waals surface area contributed by atoms with Crippen LogP contribution in [0.2, 0.25) is 0 Å². The van der Waals surface area contributed by atoms with Crippen LogP contribution in [-0.2, 0) is 16.1 Å². The Bertz CT molecular complexity index is 541. The lowest BCUT2D eigenvalue weighted by Gasteiger charge is -2.28. The summed E-state index contributed by atoms with van der Waals surface area (Å²) in [6.07, 6.45) is 0.857. The molecule has 0 aliphatic heterocycles. The Labute approximate surface area is 153 Å². The van der Waals surface area contributed by atoms with E-state index < -0.39 is 17.0 Å². The number of hydrogen-bond donors (Lipinski definition) is 1. The summed E-state index contributed by atoms with van der Waals surface area (Å²) in [5.74, 6) is 0.144. The second-order valence-corrected chi connectivity index (χ2v) is 11.5. The fraction of sp³-hybridized carbons (Fsp3) is 0.722. The highest BCUT2D eigenvalue weighted by atomic mass is 32.2. The van der Waals surface area contributed by atoms with Gasteiger partial charge in [-0.1, -0.05) is 13.8 Å². The number of rotatable bonds is 6. The van der Waals surface area contributed by atoms with Gasteiger partial charge in [0.25, 0.3) is 0 Å². The van der Waals surface area contributed by atoms with Gasteiger partial charge in [-0.25, -0.2) is 4.79 Å². The Morgan fingerprint density at radius 3 is 2.29 bits per heavy atom. The molecule has 2 atom stereocenters. The van der Waals surface area contributed by atoms with Gasteiger partial charge in [-0.15, -0.1) is 16.1 Å². The Hall–Kier alpha value is -0.560. The van der Waals surface area contributed by atoms with Gasteiger partial charge in [0.15, 0.2) is 0 Å². The van der Waals surface area contributed by atoms with Crippen LogP contribution in [-0.4, -0.2) is 20.9 Å². The van der Waals surface area contributed by atoms with Crippen LogP contribution in [0.4, 0.5) is 0 Å². The molecule has 0 amide bonds. The second-order valence-electron chi connectivity index (χ2n) is 8.38. The van der Waals surface area contributed by atoms with Crippen LogP contribution in [0.1, 0.15) is 82.4 Å². The molecule has 0 bridgehead atoms. The summed E-state index contributed by atoms with van der Waals surface area (Å²) in [5.41, 5.74) is -0.509. The summed E-state index contributed by atoms with van der Waals surface area (Å²) >= 11 is 0.252. The summed E-state index contributed by atoms with van der Waals surface area (Å²) in [4.78, 5) is 13.8. The van der Waals surface area contributed by atoms with Crippen LogP contribution in [0, 0.1) is 5.92 Å². The summed E-state index contributed by atoms with van der Waals surface area (Å²) < 4.78 is 20.8. The topological polar surface area (TPSA) is 61.4 Å². The van der Waals surface area contributed by atoms with Gasteiger partial charge in [0.2, 0.25) is 0 Å². The van der Waals surface area contributed by atoms with Crippen LogP contribution in [0.3, 0.4) is 0 Å². The first-order chi connectivity index (χ1) is 10.8. The zero-order valence-corrected chi connectivity index (χ0v) is 17.7. The molecule has 0 radical (unpaired) electrons. The second kappa shape index (κ2) is 8.21. The number of nitrogens with one attached hydrogen (secondary N) is 1. The summed E-state index contributed by atoms with van der Waals surface area (Å²) in [5, 5.41) is 0. The zero-order valence-electron chi connectivity index (χ0n) is 16.1. The van der Waals surface area contributed by atoms with Crippen molar-refractivity contribution in [3.8, 4) is 0 Å². The molecule has 4 nitrogen and oxygen atoms in total. The molecule has 138 valence electrons. The Morgan fingerprint density at radius 1 is 1.25 bits per heavy atom. The first kappa shape index (κ1) is 21.5. The molecular formula is C18H31NO3S2. The van der Waals surface area contributed by atoms with E-state index in [0.717, 1.165) is 11.3 Å². The molecule has 0 saturated carbocycles. The third kappa shape index (κ3) is 7.13. The highest BCUT2D eigenvalue weighted by Crippen LogP contribution is 2.31. The van der Waals surface area contributed by atoms with Crippen molar-refractivity contribution >= 4 is 28.7 Å². The maximum atomic E-state index is 12.5. The number of esters is 1. The molecule has 1 aromatic rings. The van der Waals surface area contributed by atoms with E-state index in [4.69, 9.17) is 4.74 Å². The minimum atomic E-state index is -1.16. The van der Waals surface area contributed by atoms with Gasteiger partial charge >= 0.3 is 5.97 Å². The van der Waals surface area contributed by atoms with E-state index in [1.54, 1.807) is 6.07 Å². The third-order valence-electron chi connectivity index (χ3n) is 3.08. The van der Waals surface area contributed by atoms with E-state index in [2.05, 4.69) is 18.6 Å². The summed E-state index contributed by atoms with van der Waals surface area (Å²) in [7, 11) is 0. The number of ether oxygens (including phenoxy) is 1. The normalized spacial score (nSPS) is 15.4. The van der Waals surface area contributed by atoms with Crippen LogP contribution in [0.15, 0.2) is 12.1 Å². The smallest absolute Gasteiger partial charge is 0.348 e. The van der Waals surface area contributed by atoms with E-state index in [9.17, 15) is 9.35 Å². The van der Waals surface area contributed by atoms with Crippen molar-refractivity contribution in [3.63, 3.8) is 0 Å². The van der Waals surface area contributed by atoms with Gasteiger partial charge in [0.1, 0.15) is 15.2 Å². The van der Waals surface area contributed by atoms with Crippen LogP contribution in [0.5, 0.6) is 0 Å². The quantitative estimate of drug-likeness (QED) is 0.572. The van der Waals surface area contributed by atoms with Crippen molar-refractivity contribution < 1.29 is 14.1 Å². The molecule has 0 saturated heterocycles. The van der Waals surface area contributed by atoms with Crippen LogP contribution >= 0.6 is 11.3 Å². The standard InChI is InChI=1S/C18H31NO3S2/c1-12(2)11-13(19-24(21)18(6,7)8)14-9-10-15(23-14)16(20)22-17(3,4)5/h9-10,12-13,19H,11H2,1-8H3/t13-,24?/m1/s1. The zero-order chi connectivity index (χ0) is 18.7. The molecule has 24 heavy (non-hydrogen) atoms. The Balaban J connectivity index is 2.94. The molecule has 0 aliphatic carbocycles. The average molecular weight is 374 g/mol. The maximum absolute atomic E-state index is 12.5. The molecule has 1 aromatic heterocycles. The molecule has 1 N–H and O–H groups in total. The lowest BCUT2D eigenvalue weighted by Crippen LogP contribution is -2.41. The van der Waals surface area contributed by atoms with Crippen molar-refractivity contribution in [1.82, 2.24) is 4.72 Å². The molecule has 1 heterocycles. The molecule has 6 heteroatoms. The van der Waals surface area contributed by atoms with Crippen molar-refractivity contribution in [2.24, 2.45) is 5.92 Å². The minimum absolute atomic E-state index is 0.0359. The maximum Gasteiger partial charge on any atom is 0.348 e. The van der Waals surface area contributed by atoms with Crippen LogP contribution in [0.25, 0.3) is 0 Å². The monoisotopic (exact) mass is 373 g/mol. The molecule has 1 unspecified atom stereocenters. The molecular weight excluding hydrogens is 342 g/mol. The van der Waals surface area contributed by atoms with Gasteiger partial charge in [0.05, 0.1) is 6.04 Å². The van der Waals surface area contributed by atoms with Crippen molar-refractivity contribution in [2.75, 3.05) is 0 Å². The highest BCUT2D eigenvalue weighted by Gasteiger charge is 2.31. The SMILES string of the molecule is CC(C)C[C@@H](N[S+]([O-])C(C)(C)C)c1ccc(C(=O)OC(C)(C)C)s1. The number of carbonyl (C=O) groups excluding carboxylic acids is 1. The fourth-order valence-electron chi connectivity index (χ4n) is 1.98. The highest BCUT2D eigenvalue weighted by molar-refractivity contribution is 7.90. The van der Waals surface area contributed by atoms with Gasteiger partial charge in [-0.3, -0.25) is 0 Å². The molecule has 0 aromatic carbocycles. The van der Waals surface area contributed by atoms with Crippen molar-refractivity contribution in [2.45, 2.75) is 78.2 Å². The van der Waals surface area contributed by atoms with Crippen molar-refractivity contribution in [1.29, 1.82) is 0 Å². The fourth-order valence-corrected chi connectivity index (χ4v) is 3.84. The van der Waals surface area contributed by atoms with E-state index >= 15 is 0 Å². The van der Waals surface area contributed by atoms with E-state index in [1.807, 2.05) is 47.6 Å². The molecule has 0 aliphatic rings. The van der Waals surface area contributed by atoms with Gasteiger partial charge in [0, 0.05) is 16.2 Å².